The first-order valence-electron chi connectivity index (χ1n) is 5.31. The molecule has 0 aliphatic rings. The van der Waals surface area contributed by atoms with Crippen molar-refractivity contribution in [2.45, 2.75) is 6.92 Å². The van der Waals surface area contributed by atoms with Crippen molar-refractivity contribution in [3.8, 4) is 5.75 Å². The smallest absolute Gasteiger partial charge is 0.265 e. The van der Waals surface area contributed by atoms with Crippen LogP contribution in [0.3, 0.4) is 0 Å². The Morgan fingerprint density at radius 3 is 2.67 bits per heavy atom. The van der Waals surface area contributed by atoms with Gasteiger partial charge in [0.25, 0.3) is 5.91 Å². The molecule has 5 heteroatoms. The van der Waals surface area contributed by atoms with Crippen molar-refractivity contribution in [2.24, 2.45) is 0 Å². The van der Waals surface area contributed by atoms with E-state index in [1.54, 1.807) is 13.2 Å². The van der Waals surface area contributed by atoms with E-state index in [1.165, 1.54) is 11.3 Å². The molecule has 18 heavy (non-hydrogen) atoms. The normalized spacial score (nSPS) is 10.2. The lowest BCUT2D eigenvalue weighted by atomic mass is 10.2. The largest absolute Gasteiger partial charge is 0.496 e. The Balaban J connectivity index is 2.14. The van der Waals surface area contributed by atoms with Crippen LogP contribution in [-0.2, 0) is 0 Å². The summed E-state index contributed by atoms with van der Waals surface area (Å²) < 4.78 is 6.12. The van der Waals surface area contributed by atoms with E-state index in [1.807, 2.05) is 31.2 Å². The lowest BCUT2D eigenvalue weighted by Crippen LogP contribution is -2.10. The van der Waals surface area contributed by atoms with Gasteiger partial charge < -0.3 is 10.1 Å². The van der Waals surface area contributed by atoms with Crippen LogP contribution >= 0.6 is 27.3 Å². The fraction of sp³-hybridized carbons (Fsp3) is 0.154. The van der Waals surface area contributed by atoms with Gasteiger partial charge in [-0.15, -0.1) is 11.3 Å². The fourth-order valence-electron chi connectivity index (χ4n) is 1.59. The number of hydrogen-bond acceptors (Lipinski definition) is 3. The van der Waals surface area contributed by atoms with E-state index in [-0.39, 0.29) is 5.91 Å². The number of aryl methyl sites for hydroxylation is 1. The van der Waals surface area contributed by atoms with E-state index in [4.69, 9.17) is 4.74 Å². The van der Waals surface area contributed by atoms with Gasteiger partial charge in [0.1, 0.15) is 5.75 Å². The monoisotopic (exact) mass is 325 g/mol. The number of nitrogens with one attached hydrogen (secondary N) is 1. The second-order valence-electron chi connectivity index (χ2n) is 3.74. The summed E-state index contributed by atoms with van der Waals surface area (Å²) in [6.07, 6.45) is 0. The van der Waals surface area contributed by atoms with Gasteiger partial charge in [-0.3, -0.25) is 4.79 Å². The van der Waals surface area contributed by atoms with Crippen LogP contribution in [-0.4, -0.2) is 13.0 Å². The second-order valence-corrected chi connectivity index (χ2v) is 6.21. The summed E-state index contributed by atoms with van der Waals surface area (Å²) >= 11 is 4.75. The van der Waals surface area contributed by atoms with Gasteiger partial charge in [-0.25, -0.2) is 0 Å². The van der Waals surface area contributed by atoms with Crippen LogP contribution in [0.1, 0.15) is 15.2 Å². The molecule has 3 nitrogen and oxygen atoms in total. The zero-order valence-electron chi connectivity index (χ0n) is 9.99. The molecule has 0 aliphatic carbocycles. The average molecular weight is 326 g/mol. The Labute approximate surface area is 118 Å². The highest BCUT2D eigenvalue weighted by atomic mass is 79.9. The molecular formula is C13H12BrNO2S. The molecule has 0 radical (unpaired) electrons. The topological polar surface area (TPSA) is 38.3 Å². The lowest BCUT2D eigenvalue weighted by Gasteiger charge is -2.08. The van der Waals surface area contributed by atoms with E-state index >= 15 is 0 Å². The van der Waals surface area contributed by atoms with Crippen molar-refractivity contribution in [3.05, 3.63) is 44.6 Å². The third kappa shape index (κ3) is 2.91. The number of anilines is 1. The molecule has 0 spiro atoms. The molecule has 1 heterocycles. The van der Waals surface area contributed by atoms with Crippen molar-refractivity contribution in [1.29, 1.82) is 0 Å². The number of halogens is 1. The third-order valence-corrected chi connectivity index (χ3v) is 4.07. The summed E-state index contributed by atoms with van der Waals surface area (Å²) in [5, 5.41) is 2.86. The third-order valence-electron chi connectivity index (χ3n) is 2.45. The summed E-state index contributed by atoms with van der Waals surface area (Å²) in [6, 6.07) is 9.21. The van der Waals surface area contributed by atoms with E-state index in [9.17, 15) is 4.79 Å². The number of rotatable bonds is 3. The number of carbonyl (C=O) groups is 1. The molecule has 2 aromatic rings. The highest BCUT2D eigenvalue weighted by Gasteiger charge is 2.09. The number of amides is 1. The summed E-state index contributed by atoms with van der Waals surface area (Å²) in [7, 11) is 1.63. The van der Waals surface area contributed by atoms with Crippen LogP contribution < -0.4 is 10.1 Å². The molecule has 0 atom stereocenters. The summed E-state index contributed by atoms with van der Waals surface area (Å²) in [6.45, 7) is 1.94. The first-order chi connectivity index (χ1) is 8.60. The first-order valence-corrected chi connectivity index (χ1v) is 6.92. The number of carbonyl (C=O) groups excluding carboxylic acids is 1. The molecule has 2 rings (SSSR count). The van der Waals surface area contributed by atoms with Crippen molar-refractivity contribution in [1.82, 2.24) is 0 Å². The zero-order valence-corrected chi connectivity index (χ0v) is 12.4. The highest BCUT2D eigenvalue weighted by molar-refractivity contribution is 9.11. The van der Waals surface area contributed by atoms with Gasteiger partial charge >= 0.3 is 0 Å². The minimum absolute atomic E-state index is 0.102. The maximum Gasteiger partial charge on any atom is 0.265 e. The molecule has 0 unspecified atom stereocenters. The van der Waals surface area contributed by atoms with Crippen LogP contribution in [0, 0.1) is 6.92 Å². The van der Waals surface area contributed by atoms with Crippen molar-refractivity contribution in [3.63, 3.8) is 0 Å². The molecular weight excluding hydrogens is 314 g/mol. The maximum atomic E-state index is 11.9. The minimum Gasteiger partial charge on any atom is -0.496 e. The van der Waals surface area contributed by atoms with Crippen LogP contribution in [0.2, 0.25) is 0 Å². The summed E-state index contributed by atoms with van der Waals surface area (Å²) in [4.78, 5) is 12.6. The molecule has 0 bridgehead atoms. The number of thiophene rings is 1. The quantitative estimate of drug-likeness (QED) is 0.923. The molecule has 0 saturated carbocycles. The van der Waals surface area contributed by atoms with Gasteiger partial charge in [0.15, 0.2) is 0 Å². The van der Waals surface area contributed by atoms with Crippen molar-refractivity contribution < 1.29 is 9.53 Å². The van der Waals surface area contributed by atoms with Gasteiger partial charge in [-0.2, -0.15) is 0 Å². The standard InChI is InChI=1S/C13H12BrNO2S/c1-8-7-9(3-4-10(8)17-2)15-13(16)11-5-6-12(14)18-11/h3-7H,1-2H3,(H,15,16). The van der Waals surface area contributed by atoms with Crippen molar-refractivity contribution in [2.75, 3.05) is 12.4 Å². The second kappa shape index (κ2) is 5.54. The Bertz CT molecular complexity index is 580. The fourth-order valence-corrected chi connectivity index (χ4v) is 2.87. The number of benzene rings is 1. The van der Waals surface area contributed by atoms with E-state index in [0.717, 1.165) is 20.8 Å². The lowest BCUT2D eigenvalue weighted by molar-refractivity contribution is 0.103. The van der Waals surface area contributed by atoms with Gasteiger partial charge in [-0.05, 0) is 58.7 Å². The van der Waals surface area contributed by atoms with E-state index in [0.29, 0.717) is 4.88 Å². The SMILES string of the molecule is COc1ccc(NC(=O)c2ccc(Br)s2)cc1C. The summed E-state index contributed by atoms with van der Waals surface area (Å²) in [5.41, 5.74) is 1.76. The van der Waals surface area contributed by atoms with Crippen LogP contribution in [0.5, 0.6) is 5.75 Å². The maximum absolute atomic E-state index is 11.9. The molecule has 0 saturated heterocycles. The number of methoxy groups -OCH3 is 1. The molecule has 0 fully saturated rings. The van der Waals surface area contributed by atoms with Crippen LogP contribution in [0.4, 0.5) is 5.69 Å². The molecule has 0 aliphatic heterocycles. The Hall–Kier alpha value is -1.33. The summed E-state index contributed by atoms with van der Waals surface area (Å²) in [5.74, 6) is 0.710. The van der Waals surface area contributed by atoms with Crippen LogP contribution in [0.15, 0.2) is 34.1 Å². The molecule has 1 amide bonds. The molecule has 1 N–H and O–H groups in total. The molecule has 94 valence electrons. The molecule has 1 aromatic carbocycles. The van der Waals surface area contributed by atoms with Crippen molar-refractivity contribution >= 4 is 38.9 Å². The van der Waals surface area contributed by atoms with E-state index in [2.05, 4.69) is 21.2 Å². The van der Waals surface area contributed by atoms with Crippen LogP contribution in [0.25, 0.3) is 0 Å². The van der Waals surface area contributed by atoms with Gasteiger partial charge in [0, 0.05) is 5.69 Å². The highest BCUT2D eigenvalue weighted by Crippen LogP contribution is 2.25. The van der Waals surface area contributed by atoms with E-state index < -0.39 is 0 Å². The predicted molar refractivity (Wildman–Crippen MR) is 77.7 cm³/mol. The average Bonchev–Trinajstić information content (AvgIpc) is 2.76. The zero-order chi connectivity index (χ0) is 13.1. The number of ether oxygens (including phenoxy) is 1. The predicted octanol–water partition coefficient (Wildman–Crippen LogP) is 4.08. The Morgan fingerprint density at radius 1 is 1.33 bits per heavy atom. The minimum atomic E-state index is -0.102. The molecule has 1 aromatic heterocycles. The number of hydrogen-bond donors (Lipinski definition) is 1. The Morgan fingerprint density at radius 2 is 2.11 bits per heavy atom. The Kier molecular flexibility index (Phi) is 4.04. The van der Waals surface area contributed by atoms with Gasteiger partial charge in [0.05, 0.1) is 15.8 Å². The first kappa shape index (κ1) is 13.1. The van der Waals surface area contributed by atoms with Gasteiger partial charge in [-0.1, -0.05) is 0 Å². The van der Waals surface area contributed by atoms with Gasteiger partial charge in [0.2, 0.25) is 0 Å².